The van der Waals surface area contributed by atoms with Gasteiger partial charge in [0, 0.05) is 4.47 Å². The van der Waals surface area contributed by atoms with Gasteiger partial charge < -0.3 is 11.1 Å². The van der Waals surface area contributed by atoms with Crippen LogP contribution in [-0.4, -0.2) is 23.2 Å². The van der Waals surface area contributed by atoms with Gasteiger partial charge in [-0.05, 0) is 31.5 Å². The van der Waals surface area contributed by atoms with E-state index in [4.69, 9.17) is 5.73 Å². The molecule has 2 amide bonds. The van der Waals surface area contributed by atoms with E-state index in [0.717, 1.165) is 4.47 Å². The molecule has 2 rings (SSSR count). The number of benzene rings is 1. The van der Waals surface area contributed by atoms with Crippen LogP contribution in [0.1, 0.15) is 25.3 Å². The molecule has 0 bridgehead atoms. The Kier molecular flexibility index (Phi) is 3.56. The molecule has 19 heavy (non-hydrogen) atoms. The predicted octanol–water partition coefficient (Wildman–Crippen LogP) is 1.32. The largest absolute Gasteiger partial charge is 0.319 e. The minimum absolute atomic E-state index is 0.205. The van der Waals surface area contributed by atoms with Crippen LogP contribution in [0.25, 0.3) is 0 Å². The highest BCUT2D eigenvalue weighted by Gasteiger charge is 2.36. The van der Waals surface area contributed by atoms with E-state index in [1.54, 1.807) is 38.1 Å². The average molecular weight is 324 g/mol. The summed E-state index contributed by atoms with van der Waals surface area (Å²) in [5.74, 6) is -1.58. The quantitative estimate of drug-likeness (QED) is 0.805. The molecular weight excluding hydrogens is 310 g/mol. The van der Waals surface area contributed by atoms with E-state index in [9.17, 15) is 9.59 Å². The standard InChI is InChI=1S/C13H14BrN3O2/c1-13(2,15)12-16-10(18)9(11(19)17-12)7-3-5-8(14)6-4-7/h3-6,9H,15H2,1-2H3,(H,16,17,18,19). The third kappa shape index (κ3) is 2.90. The molecule has 100 valence electrons. The van der Waals surface area contributed by atoms with Crippen LogP contribution in [0.15, 0.2) is 33.7 Å². The molecule has 1 atom stereocenters. The van der Waals surface area contributed by atoms with E-state index in [2.05, 4.69) is 26.2 Å². The van der Waals surface area contributed by atoms with E-state index in [-0.39, 0.29) is 5.84 Å². The first kappa shape index (κ1) is 13.9. The first-order valence-electron chi connectivity index (χ1n) is 5.77. The zero-order valence-electron chi connectivity index (χ0n) is 10.6. The number of amidine groups is 1. The van der Waals surface area contributed by atoms with Crippen LogP contribution >= 0.6 is 15.9 Å². The van der Waals surface area contributed by atoms with Gasteiger partial charge in [-0.3, -0.25) is 9.59 Å². The Morgan fingerprint density at radius 3 is 2.32 bits per heavy atom. The predicted molar refractivity (Wildman–Crippen MR) is 75.7 cm³/mol. The van der Waals surface area contributed by atoms with E-state index < -0.39 is 23.3 Å². The topological polar surface area (TPSA) is 84.5 Å². The van der Waals surface area contributed by atoms with Crippen LogP contribution in [0.5, 0.6) is 0 Å². The highest BCUT2D eigenvalue weighted by Crippen LogP contribution is 2.23. The fraction of sp³-hybridized carbons (Fsp3) is 0.308. The molecule has 1 aromatic rings. The SMILES string of the molecule is CC(C)(N)C1=NC(=O)C(c2ccc(Br)cc2)C(=O)N1. The molecule has 0 spiro atoms. The van der Waals surface area contributed by atoms with E-state index in [1.807, 2.05) is 0 Å². The van der Waals surface area contributed by atoms with Gasteiger partial charge in [-0.1, -0.05) is 28.1 Å². The summed E-state index contributed by atoms with van der Waals surface area (Å²) >= 11 is 3.31. The van der Waals surface area contributed by atoms with E-state index >= 15 is 0 Å². The van der Waals surface area contributed by atoms with Gasteiger partial charge in [0.25, 0.3) is 5.91 Å². The van der Waals surface area contributed by atoms with Gasteiger partial charge >= 0.3 is 0 Å². The molecule has 5 nitrogen and oxygen atoms in total. The van der Waals surface area contributed by atoms with Crippen molar-refractivity contribution in [2.24, 2.45) is 10.7 Å². The maximum Gasteiger partial charge on any atom is 0.264 e. The molecule has 3 N–H and O–H groups in total. The summed E-state index contributed by atoms with van der Waals surface area (Å²) in [6.45, 7) is 3.36. The average Bonchev–Trinajstić information content (AvgIpc) is 2.29. The van der Waals surface area contributed by atoms with Crippen molar-refractivity contribution in [2.75, 3.05) is 0 Å². The van der Waals surface area contributed by atoms with Gasteiger partial charge in [-0.15, -0.1) is 0 Å². The highest BCUT2D eigenvalue weighted by atomic mass is 79.9. The lowest BCUT2D eigenvalue weighted by Crippen LogP contribution is -2.55. The van der Waals surface area contributed by atoms with Crippen LogP contribution in [0.4, 0.5) is 0 Å². The second-order valence-corrected chi connectivity index (χ2v) is 5.91. The highest BCUT2D eigenvalue weighted by molar-refractivity contribution is 9.10. The van der Waals surface area contributed by atoms with Crippen LogP contribution in [0, 0.1) is 0 Å². The molecule has 0 fully saturated rings. The third-order valence-electron chi connectivity index (χ3n) is 2.79. The smallest absolute Gasteiger partial charge is 0.264 e. The lowest BCUT2D eigenvalue weighted by atomic mass is 9.94. The number of carbonyl (C=O) groups excluding carboxylic acids is 2. The summed E-state index contributed by atoms with van der Waals surface area (Å²) in [4.78, 5) is 28.0. The molecule has 1 heterocycles. The molecule has 6 heteroatoms. The van der Waals surface area contributed by atoms with Crippen molar-refractivity contribution < 1.29 is 9.59 Å². The number of nitrogens with two attached hydrogens (primary N) is 1. The lowest BCUT2D eigenvalue weighted by molar-refractivity contribution is -0.130. The van der Waals surface area contributed by atoms with Crippen molar-refractivity contribution in [1.29, 1.82) is 0 Å². The number of amides is 2. The van der Waals surface area contributed by atoms with Crippen LogP contribution < -0.4 is 11.1 Å². The van der Waals surface area contributed by atoms with Crippen molar-refractivity contribution in [3.8, 4) is 0 Å². The van der Waals surface area contributed by atoms with E-state index in [1.165, 1.54) is 0 Å². The number of nitrogens with one attached hydrogen (secondary N) is 1. The number of aliphatic imine (C=N–C) groups is 1. The van der Waals surface area contributed by atoms with Crippen molar-refractivity contribution in [3.05, 3.63) is 34.3 Å². The first-order chi connectivity index (χ1) is 8.79. The van der Waals surface area contributed by atoms with Crippen LogP contribution in [-0.2, 0) is 9.59 Å². The maximum absolute atomic E-state index is 12.1. The molecule has 0 aliphatic carbocycles. The molecule has 1 aliphatic rings. The van der Waals surface area contributed by atoms with Crippen LogP contribution in [0.2, 0.25) is 0 Å². The maximum atomic E-state index is 12.1. The van der Waals surface area contributed by atoms with Crippen molar-refractivity contribution in [3.63, 3.8) is 0 Å². The number of nitrogens with zero attached hydrogens (tertiary/aromatic N) is 1. The molecule has 0 aromatic heterocycles. The van der Waals surface area contributed by atoms with Crippen molar-refractivity contribution in [2.45, 2.75) is 25.3 Å². The number of hydrogen-bond donors (Lipinski definition) is 2. The Bertz CT molecular complexity index is 558. The second kappa shape index (κ2) is 4.86. The zero-order valence-corrected chi connectivity index (χ0v) is 12.2. The number of rotatable bonds is 2. The summed E-state index contributed by atoms with van der Waals surface area (Å²) in [6, 6.07) is 7.00. The minimum Gasteiger partial charge on any atom is -0.319 e. The summed E-state index contributed by atoms with van der Waals surface area (Å²) in [7, 11) is 0. The van der Waals surface area contributed by atoms with Gasteiger partial charge in [0.2, 0.25) is 5.91 Å². The minimum atomic E-state index is -0.904. The summed E-state index contributed by atoms with van der Waals surface area (Å²) in [5, 5.41) is 2.60. The lowest BCUT2D eigenvalue weighted by Gasteiger charge is -2.27. The fourth-order valence-corrected chi connectivity index (χ4v) is 2.02. The Labute approximate surface area is 119 Å². The van der Waals surface area contributed by atoms with Gasteiger partial charge in [0.1, 0.15) is 11.8 Å². The second-order valence-electron chi connectivity index (χ2n) is 4.99. The number of carbonyl (C=O) groups is 2. The summed E-state index contributed by atoms with van der Waals surface area (Å²) in [6.07, 6.45) is 0. The van der Waals surface area contributed by atoms with E-state index in [0.29, 0.717) is 5.56 Å². The van der Waals surface area contributed by atoms with Gasteiger partial charge in [0.15, 0.2) is 0 Å². The monoisotopic (exact) mass is 323 g/mol. The van der Waals surface area contributed by atoms with Crippen LogP contribution in [0.3, 0.4) is 0 Å². The number of hydrogen-bond acceptors (Lipinski definition) is 3. The molecular formula is C13H14BrN3O2. The Balaban J connectivity index is 2.35. The molecule has 0 radical (unpaired) electrons. The summed E-state index contributed by atoms with van der Waals surface area (Å²) in [5.41, 5.74) is 5.60. The number of halogens is 1. The normalized spacial score (nSPS) is 20.0. The van der Waals surface area contributed by atoms with Gasteiger partial charge in [-0.2, -0.15) is 4.99 Å². The van der Waals surface area contributed by atoms with Crippen molar-refractivity contribution >= 4 is 33.6 Å². The Hall–Kier alpha value is -1.53. The summed E-state index contributed by atoms with van der Waals surface area (Å²) < 4.78 is 0.882. The van der Waals surface area contributed by atoms with Gasteiger partial charge in [-0.25, -0.2) is 0 Å². The fourth-order valence-electron chi connectivity index (χ4n) is 1.76. The van der Waals surface area contributed by atoms with Gasteiger partial charge in [0.05, 0.1) is 5.54 Å². The molecule has 0 saturated heterocycles. The molecule has 1 unspecified atom stereocenters. The molecule has 1 aliphatic heterocycles. The first-order valence-corrected chi connectivity index (χ1v) is 6.56. The Morgan fingerprint density at radius 2 is 1.84 bits per heavy atom. The van der Waals surface area contributed by atoms with Crippen molar-refractivity contribution in [1.82, 2.24) is 5.32 Å². The Morgan fingerprint density at radius 1 is 1.26 bits per heavy atom. The third-order valence-corrected chi connectivity index (χ3v) is 3.32. The zero-order chi connectivity index (χ0) is 14.2. The molecule has 0 saturated carbocycles. The molecule has 1 aromatic carbocycles.